The number of benzene rings is 1. The molecule has 5 rings (SSSR count). The van der Waals surface area contributed by atoms with E-state index < -0.39 is 12.6 Å². The van der Waals surface area contributed by atoms with Gasteiger partial charge in [0.05, 0.1) is 11.8 Å². The van der Waals surface area contributed by atoms with Crippen molar-refractivity contribution in [3.8, 4) is 0 Å². The number of hydrogen-bond donors (Lipinski definition) is 1. The first-order valence-electron chi connectivity index (χ1n) is 10.9. The summed E-state index contributed by atoms with van der Waals surface area (Å²) in [6, 6.07) is 12.2. The van der Waals surface area contributed by atoms with Gasteiger partial charge in [-0.05, 0) is 29.9 Å². The molecule has 9 heteroatoms. The van der Waals surface area contributed by atoms with E-state index in [1.54, 1.807) is 13.1 Å². The molecule has 0 bridgehead atoms. The third-order valence-corrected chi connectivity index (χ3v) is 7.48. The lowest BCUT2D eigenvalue weighted by molar-refractivity contribution is -0.126. The summed E-state index contributed by atoms with van der Waals surface area (Å²) in [5.41, 5.74) is 1.33. The number of likely N-dealkylation sites (tertiary alicyclic amines) is 1. The van der Waals surface area contributed by atoms with Gasteiger partial charge in [-0.15, -0.1) is 11.3 Å². The van der Waals surface area contributed by atoms with Crippen LogP contribution in [0.25, 0.3) is 10.2 Å². The molecule has 3 aromatic rings. The zero-order valence-electron chi connectivity index (χ0n) is 17.9. The maximum Gasteiger partial charge on any atom is 0.393 e. The van der Waals surface area contributed by atoms with E-state index in [0.29, 0.717) is 22.6 Å². The van der Waals surface area contributed by atoms with E-state index in [0.717, 1.165) is 61.7 Å². The zero-order chi connectivity index (χ0) is 22.3. The minimum Gasteiger partial charge on any atom is -0.357 e. The summed E-state index contributed by atoms with van der Waals surface area (Å²) in [4.78, 5) is 14.8. The molecule has 2 aromatic heterocycles. The molecule has 5 nitrogen and oxygen atoms in total. The number of alkyl halides is 3. The third kappa shape index (κ3) is 4.54. The lowest BCUT2D eigenvalue weighted by atomic mass is 9.88. The number of aromatic nitrogens is 2. The fourth-order valence-corrected chi connectivity index (χ4v) is 6.08. The molecule has 1 aromatic carbocycles. The average molecular weight is 462 g/mol. The number of halogens is 3. The second-order valence-electron chi connectivity index (χ2n) is 8.78. The van der Waals surface area contributed by atoms with Crippen LogP contribution in [-0.4, -0.2) is 54.3 Å². The van der Waals surface area contributed by atoms with Gasteiger partial charge in [0.15, 0.2) is 0 Å². The maximum atomic E-state index is 13.0. The Bertz CT molecular complexity index is 1080. The molecule has 0 saturated carbocycles. The smallest absolute Gasteiger partial charge is 0.357 e. The van der Waals surface area contributed by atoms with Crippen molar-refractivity contribution in [2.45, 2.75) is 25.6 Å². The Morgan fingerprint density at radius 3 is 2.62 bits per heavy atom. The van der Waals surface area contributed by atoms with E-state index in [9.17, 15) is 13.2 Å². The number of piperidine rings is 1. The molecule has 0 aliphatic carbocycles. The van der Waals surface area contributed by atoms with Gasteiger partial charge in [-0.1, -0.05) is 30.3 Å². The van der Waals surface area contributed by atoms with Crippen LogP contribution in [0.3, 0.4) is 0 Å². The Hall–Kier alpha value is -2.39. The highest BCUT2D eigenvalue weighted by Crippen LogP contribution is 2.39. The number of hydrogen-bond acceptors (Lipinski definition) is 6. The van der Waals surface area contributed by atoms with E-state index >= 15 is 0 Å². The van der Waals surface area contributed by atoms with Crippen molar-refractivity contribution >= 4 is 33.3 Å². The van der Waals surface area contributed by atoms with Crippen LogP contribution in [0.5, 0.6) is 0 Å². The van der Waals surface area contributed by atoms with Crippen LogP contribution in [-0.2, 0) is 13.0 Å². The van der Waals surface area contributed by atoms with Crippen LogP contribution < -0.4 is 10.2 Å². The molecule has 0 radical (unpaired) electrons. The van der Waals surface area contributed by atoms with Gasteiger partial charge in [0.2, 0.25) is 5.95 Å². The van der Waals surface area contributed by atoms with Crippen molar-refractivity contribution in [2.24, 2.45) is 11.8 Å². The molecule has 2 unspecified atom stereocenters. The molecule has 2 aliphatic heterocycles. The molecule has 1 N–H and O–H groups in total. The summed E-state index contributed by atoms with van der Waals surface area (Å²) in [5, 5.41) is 3.69. The summed E-state index contributed by atoms with van der Waals surface area (Å²) >= 11 is 1.11. The summed E-state index contributed by atoms with van der Waals surface area (Å²) in [6.45, 7) is 4.82. The topological polar surface area (TPSA) is 44.3 Å². The number of anilines is 2. The summed E-state index contributed by atoms with van der Waals surface area (Å²) in [5.74, 6) is 2.39. The monoisotopic (exact) mass is 461 g/mol. The molecule has 2 saturated heterocycles. The van der Waals surface area contributed by atoms with Crippen LogP contribution in [0.2, 0.25) is 0 Å². The summed E-state index contributed by atoms with van der Waals surface area (Å²) in [6.07, 6.45) is -4.10. The van der Waals surface area contributed by atoms with Crippen LogP contribution in [0.1, 0.15) is 16.9 Å². The van der Waals surface area contributed by atoms with Gasteiger partial charge in [0, 0.05) is 44.6 Å². The largest absolute Gasteiger partial charge is 0.393 e. The molecular weight excluding hydrogens is 435 g/mol. The van der Waals surface area contributed by atoms with E-state index in [1.807, 2.05) is 6.07 Å². The first-order valence-corrected chi connectivity index (χ1v) is 11.8. The fourth-order valence-electron chi connectivity index (χ4n) is 5.02. The molecule has 170 valence electrons. The van der Waals surface area contributed by atoms with Gasteiger partial charge < -0.3 is 10.2 Å². The minimum absolute atomic E-state index is 0.279. The van der Waals surface area contributed by atoms with Crippen molar-refractivity contribution in [1.82, 2.24) is 14.9 Å². The van der Waals surface area contributed by atoms with Crippen molar-refractivity contribution < 1.29 is 13.2 Å². The van der Waals surface area contributed by atoms with Gasteiger partial charge in [0.1, 0.15) is 10.6 Å². The second-order valence-corrected chi connectivity index (χ2v) is 9.89. The molecule has 32 heavy (non-hydrogen) atoms. The van der Waals surface area contributed by atoms with E-state index in [1.165, 1.54) is 5.56 Å². The van der Waals surface area contributed by atoms with Crippen molar-refractivity contribution in [3.05, 3.63) is 46.8 Å². The Labute approximate surface area is 189 Å². The third-order valence-electron chi connectivity index (χ3n) is 6.45. The number of thiophene rings is 1. The summed E-state index contributed by atoms with van der Waals surface area (Å²) < 4.78 is 38.9. The quantitative estimate of drug-likeness (QED) is 0.592. The predicted octanol–water partition coefficient (Wildman–Crippen LogP) is 4.80. The fraction of sp³-hybridized carbons (Fsp3) is 0.478. The second kappa shape index (κ2) is 8.51. The number of fused-ring (bicyclic) bond motifs is 2. The standard InChI is InChI=1S/C23H26F3N5S/c1-27-22-28-20(19-9-18(10-23(24,25)26)32-21(19)29-22)31-8-7-16-12-30(13-17(16)14-31)11-15-5-3-2-4-6-15/h2-6,9,16-17H,7-8,10-14H2,1H3,(H,27,28,29). The Morgan fingerprint density at radius 1 is 1.09 bits per heavy atom. The van der Waals surface area contributed by atoms with Gasteiger partial charge in [-0.2, -0.15) is 18.2 Å². The first kappa shape index (κ1) is 21.5. The van der Waals surface area contributed by atoms with Crippen LogP contribution >= 0.6 is 11.3 Å². The first-order chi connectivity index (χ1) is 15.4. The Morgan fingerprint density at radius 2 is 1.88 bits per heavy atom. The zero-order valence-corrected chi connectivity index (χ0v) is 18.7. The normalized spacial score (nSPS) is 21.8. The molecule has 0 spiro atoms. The van der Waals surface area contributed by atoms with Crippen LogP contribution in [0.4, 0.5) is 24.9 Å². The number of nitrogens with zero attached hydrogens (tertiary/aromatic N) is 4. The highest BCUT2D eigenvalue weighted by atomic mass is 32.1. The Kier molecular flexibility index (Phi) is 5.71. The maximum absolute atomic E-state index is 13.0. The SMILES string of the molecule is CNc1nc(N2CCC3CN(Cc4ccccc4)CC3C2)c2cc(CC(F)(F)F)sc2n1. The molecule has 2 fully saturated rings. The van der Waals surface area contributed by atoms with Crippen LogP contribution in [0, 0.1) is 11.8 Å². The molecule has 2 aliphatic rings. The highest BCUT2D eigenvalue weighted by Gasteiger charge is 2.38. The van der Waals surface area contributed by atoms with Gasteiger partial charge in [-0.25, -0.2) is 4.98 Å². The lowest BCUT2D eigenvalue weighted by Crippen LogP contribution is -2.40. The van der Waals surface area contributed by atoms with Gasteiger partial charge in [-0.3, -0.25) is 4.90 Å². The van der Waals surface area contributed by atoms with Gasteiger partial charge in [0.25, 0.3) is 0 Å². The molecular formula is C23H26F3N5S. The molecule has 2 atom stereocenters. The average Bonchev–Trinajstić information content (AvgIpc) is 3.34. The molecule has 0 amide bonds. The number of nitrogens with one attached hydrogen (secondary N) is 1. The highest BCUT2D eigenvalue weighted by molar-refractivity contribution is 7.18. The van der Waals surface area contributed by atoms with E-state index in [2.05, 4.69) is 49.4 Å². The van der Waals surface area contributed by atoms with Gasteiger partial charge >= 0.3 is 6.18 Å². The van der Waals surface area contributed by atoms with Crippen molar-refractivity contribution in [2.75, 3.05) is 43.4 Å². The number of rotatable bonds is 5. The molecule has 4 heterocycles. The van der Waals surface area contributed by atoms with Crippen molar-refractivity contribution in [1.29, 1.82) is 0 Å². The van der Waals surface area contributed by atoms with E-state index in [4.69, 9.17) is 0 Å². The summed E-state index contributed by atoms with van der Waals surface area (Å²) in [7, 11) is 1.74. The minimum atomic E-state index is -4.23. The lowest BCUT2D eigenvalue weighted by Gasteiger charge is -2.35. The van der Waals surface area contributed by atoms with Crippen LogP contribution in [0.15, 0.2) is 36.4 Å². The Balaban J connectivity index is 1.36. The van der Waals surface area contributed by atoms with E-state index in [-0.39, 0.29) is 4.88 Å². The predicted molar refractivity (Wildman–Crippen MR) is 122 cm³/mol. The van der Waals surface area contributed by atoms with Crippen molar-refractivity contribution in [3.63, 3.8) is 0 Å².